The zero-order chi connectivity index (χ0) is 19.9. The van der Waals surface area contributed by atoms with Crippen molar-refractivity contribution in [3.63, 3.8) is 0 Å². The number of benzene rings is 1. The van der Waals surface area contributed by atoms with Crippen LogP contribution in [0.15, 0.2) is 40.8 Å². The van der Waals surface area contributed by atoms with Gasteiger partial charge < -0.3 is 9.73 Å². The number of nitrogens with one attached hydrogen (secondary N) is 1. The SMILES string of the molecule is CC[C@H](C)NC(=O)c1ccc(CN(Cc2cccc(F)c2)C2CCCCC2)o1. The molecule has 0 saturated heterocycles. The number of halogens is 1. The van der Waals surface area contributed by atoms with Crippen molar-refractivity contribution >= 4 is 5.91 Å². The summed E-state index contributed by atoms with van der Waals surface area (Å²) in [6.45, 7) is 5.31. The van der Waals surface area contributed by atoms with Gasteiger partial charge in [-0.2, -0.15) is 0 Å². The first-order valence-electron chi connectivity index (χ1n) is 10.4. The van der Waals surface area contributed by atoms with Crippen LogP contribution in [-0.4, -0.2) is 22.9 Å². The summed E-state index contributed by atoms with van der Waals surface area (Å²) >= 11 is 0. The highest BCUT2D eigenvalue weighted by molar-refractivity contribution is 5.91. The Morgan fingerprint density at radius 1 is 1.21 bits per heavy atom. The Kier molecular flexibility index (Phi) is 7.26. The summed E-state index contributed by atoms with van der Waals surface area (Å²) in [5, 5.41) is 2.93. The first kappa shape index (κ1) is 20.6. The minimum Gasteiger partial charge on any atom is -0.455 e. The number of carbonyl (C=O) groups excluding carboxylic acids is 1. The number of amides is 1. The molecular formula is C23H31FN2O2. The lowest BCUT2D eigenvalue weighted by atomic mass is 9.93. The van der Waals surface area contributed by atoms with Gasteiger partial charge in [-0.15, -0.1) is 0 Å². The zero-order valence-corrected chi connectivity index (χ0v) is 16.9. The average molecular weight is 387 g/mol. The number of hydrogen-bond acceptors (Lipinski definition) is 3. The molecule has 1 N–H and O–H groups in total. The molecule has 1 heterocycles. The fourth-order valence-electron chi connectivity index (χ4n) is 3.81. The van der Waals surface area contributed by atoms with Gasteiger partial charge in [-0.25, -0.2) is 4.39 Å². The smallest absolute Gasteiger partial charge is 0.287 e. The molecule has 1 atom stereocenters. The summed E-state index contributed by atoms with van der Waals surface area (Å²) < 4.78 is 19.5. The molecule has 152 valence electrons. The third-order valence-electron chi connectivity index (χ3n) is 5.60. The van der Waals surface area contributed by atoms with Crippen molar-refractivity contribution in [1.29, 1.82) is 0 Å². The van der Waals surface area contributed by atoms with Gasteiger partial charge in [0.1, 0.15) is 11.6 Å². The molecule has 5 heteroatoms. The Balaban J connectivity index is 1.71. The molecule has 1 aliphatic carbocycles. The average Bonchev–Trinajstić information content (AvgIpc) is 3.17. The van der Waals surface area contributed by atoms with Gasteiger partial charge in [0.25, 0.3) is 5.91 Å². The van der Waals surface area contributed by atoms with Crippen molar-refractivity contribution in [2.75, 3.05) is 0 Å². The lowest BCUT2D eigenvalue weighted by Gasteiger charge is -2.34. The first-order valence-corrected chi connectivity index (χ1v) is 10.4. The van der Waals surface area contributed by atoms with Crippen LogP contribution < -0.4 is 5.32 Å². The lowest BCUT2D eigenvalue weighted by Crippen LogP contribution is -2.35. The van der Waals surface area contributed by atoms with Crippen LogP contribution in [0.3, 0.4) is 0 Å². The number of hydrogen-bond donors (Lipinski definition) is 1. The number of nitrogens with zero attached hydrogens (tertiary/aromatic N) is 1. The molecule has 1 aromatic carbocycles. The van der Waals surface area contributed by atoms with Crippen LogP contribution in [-0.2, 0) is 13.1 Å². The van der Waals surface area contributed by atoms with E-state index in [9.17, 15) is 9.18 Å². The maximum absolute atomic E-state index is 13.6. The van der Waals surface area contributed by atoms with E-state index >= 15 is 0 Å². The van der Waals surface area contributed by atoms with Crippen molar-refractivity contribution in [3.8, 4) is 0 Å². The van der Waals surface area contributed by atoms with Gasteiger partial charge in [0.05, 0.1) is 6.54 Å². The van der Waals surface area contributed by atoms with E-state index in [2.05, 4.69) is 10.2 Å². The molecule has 0 aliphatic heterocycles. The normalized spacial score (nSPS) is 16.3. The van der Waals surface area contributed by atoms with Crippen LogP contribution in [0.5, 0.6) is 0 Å². The minimum atomic E-state index is -0.205. The molecule has 0 radical (unpaired) electrons. The van der Waals surface area contributed by atoms with E-state index in [1.54, 1.807) is 18.2 Å². The molecule has 1 saturated carbocycles. The Morgan fingerprint density at radius 3 is 2.71 bits per heavy atom. The fraction of sp³-hybridized carbons (Fsp3) is 0.522. The highest BCUT2D eigenvalue weighted by Crippen LogP contribution is 2.26. The summed E-state index contributed by atoms with van der Waals surface area (Å²) in [6, 6.07) is 11.0. The maximum Gasteiger partial charge on any atom is 0.287 e. The third-order valence-corrected chi connectivity index (χ3v) is 5.60. The van der Waals surface area contributed by atoms with Crippen LogP contribution in [0.4, 0.5) is 4.39 Å². The Labute approximate surface area is 167 Å². The van der Waals surface area contributed by atoms with Crippen LogP contribution in [0, 0.1) is 5.82 Å². The molecule has 28 heavy (non-hydrogen) atoms. The van der Waals surface area contributed by atoms with Crippen molar-refractivity contribution in [3.05, 3.63) is 59.3 Å². The van der Waals surface area contributed by atoms with Crippen molar-refractivity contribution in [2.45, 2.75) is 77.5 Å². The van der Waals surface area contributed by atoms with Gasteiger partial charge in [-0.1, -0.05) is 38.3 Å². The molecule has 2 aromatic rings. The predicted octanol–water partition coefficient (Wildman–Crippen LogP) is 5.28. The van der Waals surface area contributed by atoms with Gasteiger partial charge in [0, 0.05) is 18.6 Å². The summed E-state index contributed by atoms with van der Waals surface area (Å²) in [4.78, 5) is 14.6. The predicted molar refractivity (Wildman–Crippen MR) is 108 cm³/mol. The maximum atomic E-state index is 13.6. The van der Waals surface area contributed by atoms with E-state index in [1.807, 2.05) is 26.0 Å². The van der Waals surface area contributed by atoms with Gasteiger partial charge >= 0.3 is 0 Å². The highest BCUT2D eigenvalue weighted by Gasteiger charge is 2.23. The molecule has 0 spiro atoms. The van der Waals surface area contributed by atoms with Crippen LogP contribution >= 0.6 is 0 Å². The summed E-state index contributed by atoms with van der Waals surface area (Å²) in [7, 11) is 0. The van der Waals surface area contributed by atoms with Gasteiger partial charge in [0.2, 0.25) is 0 Å². The van der Waals surface area contributed by atoms with E-state index in [0.717, 1.165) is 30.6 Å². The second-order valence-electron chi connectivity index (χ2n) is 7.88. The number of rotatable bonds is 8. The van der Waals surface area contributed by atoms with E-state index in [4.69, 9.17) is 4.42 Å². The molecule has 1 aliphatic rings. The standard InChI is InChI=1S/C23H31FN2O2/c1-3-17(2)25-23(27)22-13-12-21(28-22)16-26(20-10-5-4-6-11-20)15-18-8-7-9-19(24)14-18/h7-9,12-14,17,20H,3-6,10-11,15-16H2,1-2H3,(H,25,27)/t17-/m0/s1. The molecule has 0 unspecified atom stereocenters. The van der Waals surface area contributed by atoms with Gasteiger partial charge in [-0.05, 0) is 56.0 Å². The van der Waals surface area contributed by atoms with Gasteiger partial charge in [0.15, 0.2) is 5.76 Å². The van der Waals surface area contributed by atoms with E-state index in [1.165, 1.54) is 25.3 Å². The second-order valence-corrected chi connectivity index (χ2v) is 7.88. The quantitative estimate of drug-likeness (QED) is 0.671. The monoisotopic (exact) mass is 386 g/mol. The van der Waals surface area contributed by atoms with Gasteiger partial charge in [-0.3, -0.25) is 9.69 Å². The Bertz CT molecular complexity index is 767. The van der Waals surface area contributed by atoms with E-state index in [-0.39, 0.29) is 17.8 Å². The van der Waals surface area contributed by atoms with Crippen molar-refractivity contribution in [2.24, 2.45) is 0 Å². The molecule has 1 amide bonds. The topological polar surface area (TPSA) is 45.5 Å². The molecule has 3 rings (SSSR count). The van der Waals surface area contributed by atoms with Crippen LogP contribution in [0.25, 0.3) is 0 Å². The minimum absolute atomic E-state index is 0.118. The number of furan rings is 1. The van der Waals surface area contributed by atoms with Crippen LogP contribution in [0.2, 0.25) is 0 Å². The highest BCUT2D eigenvalue weighted by atomic mass is 19.1. The second kappa shape index (κ2) is 9.87. The molecule has 0 bridgehead atoms. The third kappa shape index (κ3) is 5.68. The largest absolute Gasteiger partial charge is 0.455 e. The summed E-state index contributed by atoms with van der Waals surface area (Å²) in [6.07, 6.45) is 6.91. The fourth-order valence-corrected chi connectivity index (χ4v) is 3.81. The van der Waals surface area contributed by atoms with Crippen LogP contribution in [0.1, 0.15) is 74.3 Å². The Morgan fingerprint density at radius 2 is 2.00 bits per heavy atom. The summed E-state index contributed by atoms with van der Waals surface area (Å²) in [5.41, 5.74) is 0.965. The Hall–Kier alpha value is -2.14. The summed E-state index contributed by atoms with van der Waals surface area (Å²) in [5.74, 6) is 0.749. The lowest BCUT2D eigenvalue weighted by molar-refractivity contribution is 0.0901. The molecule has 4 nitrogen and oxygen atoms in total. The molecule has 1 fully saturated rings. The zero-order valence-electron chi connectivity index (χ0n) is 16.9. The van der Waals surface area contributed by atoms with E-state index < -0.39 is 0 Å². The molecule has 1 aromatic heterocycles. The molecular weight excluding hydrogens is 355 g/mol. The van der Waals surface area contributed by atoms with E-state index in [0.29, 0.717) is 24.9 Å². The first-order chi connectivity index (χ1) is 13.5. The number of carbonyl (C=O) groups is 1. The van der Waals surface area contributed by atoms with Crippen molar-refractivity contribution < 1.29 is 13.6 Å². The van der Waals surface area contributed by atoms with Crippen molar-refractivity contribution in [1.82, 2.24) is 10.2 Å².